The molecule has 1 heterocycles. The van der Waals surface area contributed by atoms with Gasteiger partial charge in [0.1, 0.15) is 0 Å². The molecule has 1 fully saturated rings. The first-order valence-electron chi connectivity index (χ1n) is 5.85. The molecule has 0 saturated carbocycles. The summed E-state index contributed by atoms with van der Waals surface area (Å²) in [5.74, 6) is -0.0555. The maximum atomic E-state index is 11.4. The lowest BCUT2D eigenvalue weighted by Crippen LogP contribution is -2.44. The highest BCUT2D eigenvalue weighted by Gasteiger charge is 2.34. The minimum Gasteiger partial charge on any atom is -0.385 e. The maximum absolute atomic E-state index is 11.4. The molecule has 17 heavy (non-hydrogen) atoms. The number of carbonyl (C=O) groups is 1. The number of rotatable bonds is 2. The van der Waals surface area contributed by atoms with Crippen molar-refractivity contribution in [3.05, 3.63) is 48.6 Å². The lowest BCUT2D eigenvalue weighted by Gasteiger charge is -2.38. The minimum atomic E-state index is -0.792. The molecule has 0 radical (unpaired) electrons. The number of hydrogen-bond donors (Lipinski definition) is 1. The number of likely N-dealkylation sites (tertiary alicyclic amines) is 1. The molecule has 1 aliphatic heterocycles. The Labute approximate surface area is 101 Å². The van der Waals surface area contributed by atoms with Gasteiger partial charge in [-0.2, -0.15) is 0 Å². The molecule has 1 N–H and O–H groups in total. The van der Waals surface area contributed by atoms with Crippen molar-refractivity contribution < 1.29 is 9.90 Å². The highest BCUT2D eigenvalue weighted by molar-refractivity contribution is 5.87. The van der Waals surface area contributed by atoms with E-state index in [4.69, 9.17) is 0 Å². The van der Waals surface area contributed by atoms with Gasteiger partial charge in [0.25, 0.3) is 0 Å². The fraction of sp³-hybridized carbons (Fsp3) is 0.357. The van der Waals surface area contributed by atoms with E-state index in [0.717, 1.165) is 5.56 Å². The summed E-state index contributed by atoms with van der Waals surface area (Å²) in [6.07, 6.45) is 2.49. The molecule has 3 heteroatoms. The van der Waals surface area contributed by atoms with Crippen LogP contribution < -0.4 is 0 Å². The van der Waals surface area contributed by atoms with Crippen molar-refractivity contribution in [2.45, 2.75) is 18.4 Å². The molecule has 2 rings (SSSR count). The summed E-state index contributed by atoms with van der Waals surface area (Å²) < 4.78 is 0. The monoisotopic (exact) mass is 231 g/mol. The van der Waals surface area contributed by atoms with Crippen LogP contribution >= 0.6 is 0 Å². The largest absolute Gasteiger partial charge is 0.385 e. The topological polar surface area (TPSA) is 40.5 Å². The van der Waals surface area contributed by atoms with E-state index in [0.29, 0.717) is 25.9 Å². The van der Waals surface area contributed by atoms with Crippen LogP contribution in [0.5, 0.6) is 0 Å². The molecule has 90 valence electrons. The predicted octanol–water partition coefficient (Wildman–Crippen LogP) is 1.68. The molecule has 1 saturated heterocycles. The van der Waals surface area contributed by atoms with E-state index < -0.39 is 5.60 Å². The van der Waals surface area contributed by atoms with Crippen LogP contribution in [-0.2, 0) is 10.4 Å². The quantitative estimate of drug-likeness (QED) is 0.787. The Kier molecular flexibility index (Phi) is 3.29. The van der Waals surface area contributed by atoms with Crippen molar-refractivity contribution in [3.63, 3.8) is 0 Å². The van der Waals surface area contributed by atoms with Crippen LogP contribution in [0, 0.1) is 0 Å². The molecule has 0 spiro atoms. The first kappa shape index (κ1) is 11.9. The summed E-state index contributed by atoms with van der Waals surface area (Å²) in [5, 5.41) is 10.6. The molecule has 3 nitrogen and oxygen atoms in total. The van der Waals surface area contributed by atoms with Crippen molar-refractivity contribution in [3.8, 4) is 0 Å². The van der Waals surface area contributed by atoms with E-state index in [1.807, 2.05) is 30.3 Å². The van der Waals surface area contributed by atoms with Gasteiger partial charge in [-0.15, -0.1) is 0 Å². The molecule has 0 aromatic heterocycles. The lowest BCUT2D eigenvalue weighted by molar-refractivity contribution is -0.130. The molecule has 0 unspecified atom stereocenters. The van der Waals surface area contributed by atoms with Crippen LogP contribution in [0.3, 0.4) is 0 Å². The average Bonchev–Trinajstić information content (AvgIpc) is 2.40. The fourth-order valence-corrected chi connectivity index (χ4v) is 2.26. The third-order valence-corrected chi connectivity index (χ3v) is 3.39. The first-order valence-corrected chi connectivity index (χ1v) is 5.85. The zero-order valence-electron chi connectivity index (χ0n) is 9.80. The van der Waals surface area contributed by atoms with Crippen LogP contribution in [0.1, 0.15) is 18.4 Å². The number of nitrogens with zero attached hydrogens (tertiary/aromatic N) is 1. The molecule has 1 aliphatic rings. The fourth-order valence-electron chi connectivity index (χ4n) is 2.26. The van der Waals surface area contributed by atoms with Gasteiger partial charge < -0.3 is 10.0 Å². The van der Waals surface area contributed by atoms with Gasteiger partial charge in [0, 0.05) is 13.1 Å². The molecular weight excluding hydrogens is 214 g/mol. The van der Waals surface area contributed by atoms with Gasteiger partial charge >= 0.3 is 0 Å². The SMILES string of the molecule is C=CC(=O)N1CCC(O)(c2ccccc2)CC1. The Balaban J connectivity index is 2.08. The zero-order chi connectivity index (χ0) is 12.3. The number of benzene rings is 1. The van der Waals surface area contributed by atoms with Gasteiger partial charge in [-0.25, -0.2) is 0 Å². The molecule has 0 bridgehead atoms. The van der Waals surface area contributed by atoms with Crippen molar-refractivity contribution in [2.24, 2.45) is 0 Å². The molecule has 0 aliphatic carbocycles. The van der Waals surface area contributed by atoms with Crippen LogP contribution in [0.25, 0.3) is 0 Å². The van der Waals surface area contributed by atoms with E-state index >= 15 is 0 Å². The first-order chi connectivity index (χ1) is 8.15. The summed E-state index contributed by atoms with van der Waals surface area (Å²) in [6, 6.07) is 9.66. The summed E-state index contributed by atoms with van der Waals surface area (Å²) in [4.78, 5) is 13.2. The second-order valence-electron chi connectivity index (χ2n) is 4.43. The van der Waals surface area contributed by atoms with Gasteiger partial charge in [0.05, 0.1) is 5.60 Å². The van der Waals surface area contributed by atoms with Gasteiger partial charge in [0.15, 0.2) is 0 Å². The summed E-state index contributed by atoms with van der Waals surface area (Å²) in [5.41, 5.74) is 0.143. The highest BCUT2D eigenvalue weighted by Crippen LogP contribution is 2.32. The Morgan fingerprint density at radius 1 is 1.29 bits per heavy atom. The molecule has 0 atom stereocenters. The van der Waals surface area contributed by atoms with Crippen molar-refractivity contribution in [2.75, 3.05) is 13.1 Å². The number of amides is 1. The number of hydrogen-bond acceptors (Lipinski definition) is 2. The van der Waals surface area contributed by atoms with Crippen LogP contribution in [0.15, 0.2) is 43.0 Å². The van der Waals surface area contributed by atoms with Gasteiger partial charge in [-0.05, 0) is 24.5 Å². The standard InChI is InChI=1S/C14H17NO2/c1-2-13(16)15-10-8-14(17,9-11-15)12-6-4-3-5-7-12/h2-7,17H,1,8-11H2. The third kappa shape index (κ3) is 2.39. The van der Waals surface area contributed by atoms with Crippen molar-refractivity contribution in [1.29, 1.82) is 0 Å². The third-order valence-electron chi connectivity index (χ3n) is 3.39. The second-order valence-corrected chi connectivity index (χ2v) is 4.43. The highest BCUT2D eigenvalue weighted by atomic mass is 16.3. The van der Waals surface area contributed by atoms with Gasteiger partial charge in [0.2, 0.25) is 5.91 Å². The maximum Gasteiger partial charge on any atom is 0.245 e. The molecular formula is C14H17NO2. The van der Waals surface area contributed by atoms with E-state index in [9.17, 15) is 9.90 Å². The number of aliphatic hydroxyl groups is 1. The average molecular weight is 231 g/mol. The van der Waals surface area contributed by atoms with Crippen molar-refractivity contribution >= 4 is 5.91 Å². The minimum absolute atomic E-state index is 0.0555. The van der Waals surface area contributed by atoms with E-state index in [1.54, 1.807) is 4.90 Å². The Bertz CT molecular complexity index is 405. The van der Waals surface area contributed by atoms with Crippen LogP contribution in [0.2, 0.25) is 0 Å². The van der Waals surface area contributed by atoms with Crippen molar-refractivity contribution in [1.82, 2.24) is 4.90 Å². The number of piperidine rings is 1. The zero-order valence-corrected chi connectivity index (χ0v) is 9.80. The van der Waals surface area contributed by atoms with Crippen LogP contribution in [0.4, 0.5) is 0 Å². The Morgan fingerprint density at radius 2 is 1.88 bits per heavy atom. The predicted molar refractivity (Wildman–Crippen MR) is 66.3 cm³/mol. The summed E-state index contributed by atoms with van der Waals surface area (Å²) >= 11 is 0. The lowest BCUT2D eigenvalue weighted by atomic mass is 9.84. The molecule has 1 aromatic rings. The normalized spacial score (nSPS) is 18.8. The van der Waals surface area contributed by atoms with Gasteiger partial charge in [-0.1, -0.05) is 36.9 Å². The van der Waals surface area contributed by atoms with Crippen LogP contribution in [-0.4, -0.2) is 29.0 Å². The summed E-state index contributed by atoms with van der Waals surface area (Å²) in [6.45, 7) is 4.64. The second kappa shape index (κ2) is 4.72. The molecule has 1 amide bonds. The Hall–Kier alpha value is -1.61. The summed E-state index contributed by atoms with van der Waals surface area (Å²) in [7, 11) is 0. The van der Waals surface area contributed by atoms with E-state index in [-0.39, 0.29) is 5.91 Å². The van der Waals surface area contributed by atoms with E-state index in [1.165, 1.54) is 6.08 Å². The number of carbonyl (C=O) groups excluding carboxylic acids is 1. The van der Waals surface area contributed by atoms with Gasteiger partial charge in [-0.3, -0.25) is 4.79 Å². The Morgan fingerprint density at radius 3 is 2.41 bits per heavy atom. The smallest absolute Gasteiger partial charge is 0.245 e. The molecule has 1 aromatic carbocycles. The van der Waals surface area contributed by atoms with E-state index in [2.05, 4.69) is 6.58 Å².